The highest BCUT2D eigenvalue weighted by Crippen LogP contribution is 2.41. The molecular formula is C10H4Br2F8N2. The molecule has 0 aliphatic heterocycles. The topological polar surface area (TPSA) is 35.9 Å². The summed E-state index contributed by atoms with van der Waals surface area (Å²) < 4.78 is 98.8. The number of anilines is 1. The van der Waals surface area contributed by atoms with Gasteiger partial charge in [-0.2, -0.15) is 35.1 Å². The van der Waals surface area contributed by atoms with Crippen LogP contribution in [0.4, 0.5) is 40.8 Å². The van der Waals surface area contributed by atoms with E-state index in [1.807, 2.05) is 0 Å². The van der Waals surface area contributed by atoms with Gasteiger partial charge in [-0.25, -0.2) is 0 Å². The van der Waals surface area contributed by atoms with Gasteiger partial charge in [0.05, 0.1) is 11.3 Å². The van der Waals surface area contributed by atoms with Crippen molar-refractivity contribution < 1.29 is 35.1 Å². The van der Waals surface area contributed by atoms with Crippen molar-refractivity contribution in [3.05, 3.63) is 26.6 Å². The number of rotatable bonds is 2. The van der Waals surface area contributed by atoms with Crippen LogP contribution in [-0.2, 0) is 6.18 Å². The highest BCUT2D eigenvalue weighted by atomic mass is 79.9. The van der Waals surface area contributed by atoms with Gasteiger partial charge < -0.3 is 5.32 Å². The quantitative estimate of drug-likeness (QED) is 0.324. The Hall–Kier alpha value is -0.910. The lowest BCUT2D eigenvalue weighted by Crippen LogP contribution is -2.47. The van der Waals surface area contributed by atoms with Crippen LogP contribution in [0.2, 0.25) is 0 Å². The van der Waals surface area contributed by atoms with E-state index in [-0.39, 0.29) is 0 Å². The summed E-state index contributed by atoms with van der Waals surface area (Å²) in [4.78, 5) is 0. The molecule has 124 valence electrons. The van der Waals surface area contributed by atoms with E-state index in [0.29, 0.717) is 12.1 Å². The summed E-state index contributed by atoms with van der Waals surface area (Å²) in [7, 11) is 0. The second-order valence-electron chi connectivity index (χ2n) is 3.88. The van der Waals surface area contributed by atoms with Crippen LogP contribution in [0, 0.1) is 5.41 Å². The first kappa shape index (κ1) is 19.1. The number of benzene rings is 1. The second kappa shape index (κ2) is 5.95. The van der Waals surface area contributed by atoms with Gasteiger partial charge in [-0.1, -0.05) is 0 Å². The van der Waals surface area contributed by atoms with E-state index in [4.69, 9.17) is 5.41 Å². The third-order valence-electron chi connectivity index (χ3n) is 2.29. The first-order valence-electron chi connectivity index (χ1n) is 5.04. The zero-order valence-corrected chi connectivity index (χ0v) is 13.1. The van der Waals surface area contributed by atoms with Gasteiger partial charge in [-0.15, -0.1) is 0 Å². The second-order valence-corrected chi connectivity index (χ2v) is 5.59. The van der Waals surface area contributed by atoms with Crippen molar-refractivity contribution in [3.63, 3.8) is 0 Å². The Balaban J connectivity index is 3.18. The highest BCUT2D eigenvalue weighted by molar-refractivity contribution is 9.11. The molecule has 1 aromatic rings. The summed E-state index contributed by atoms with van der Waals surface area (Å²) in [5.74, 6) is -7.70. The third-order valence-corrected chi connectivity index (χ3v) is 3.54. The lowest BCUT2D eigenvalue weighted by Gasteiger charge is -2.22. The number of alkyl halides is 8. The maximum absolute atomic E-state index is 12.9. The van der Waals surface area contributed by atoms with E-state index in [9.17, 15) is 35.1 Å². The maximum atomic E-state index is 12.9. The van der Waals surface area contributed by atoms with Gasteiger partial charge >= 0.3 is 18.3 Å². The average Bonchev–Trinajstić information content (AvgIpc) is 2.30. The minimum atomic E-state index is -6.01. The predicted octanol–water partition coefficient (Wildman–Crippen LogP) is 5.82. The maximum Gasteiger partial charge on any atom is 0.461 e. The number of nitrogens with one attached hydrogen (secondary N) is 2. The highest BCUT2D eigenvalue weighted by Gasteiger charge is 2.61. The molecule has 2 N–H and O–H groups in total. The van der Waals surface area contributed by atoms with Crippen molar-refractivity contribution in [2.75, 3.05) is 5.32 Å². The summed E-state index contributed by atoms with van der Waals surface area (Å²) in [6.07, 6.45) is -10.8. The molecule has 0 amide bonds. The molecule has 0 radical (unpaired) electrons. The smallest absolute Gasteiger partial charge is 0.337 e. The van der Waals surface area contributed by atoms with Crippen LogP contribution in [-0.4, -0.2) is 17.9 Å². The van der Waals surface area contributed by atoms with Crippen molar-refractivity contribution >= 4 is 43.4 Å². The zero-order chi connectivity index (χ0) is 17.5. The molecule has 0 fully saturated rings. The van der Waals surface area contributed by atoms with Gasteiger partial charge in [0.25, 0.3) is 0 Å². The Kier molecular flexibility index (Phi) is 5.17. The number of hydrogen-bond acceptors (Lipinski definition) is 1. The van der Waals surface area contributed by atoms with Crippen LogP contribution in [0.15, 0.2) is 21.1 Å². The minimum Gasteiger partial charge on any atom is -0.337 e. The molecule has 1 aromatic carbocycles. The fourth-order valence-corrected chi connectivity index (χ4v) is 2.59. The van der Waals surface area contributed by atoms with Crippen molar-refractivity contribution in [1.29, 1.82) is 5.41 Å². The van der Waals surface area contributed by atoms with Gasteiger partial charge in [0.2, 0.25) is 0 Å². The SMILES string of the molecule is N=C(Nc1c(Br)cc(C(F)(F)F)cc1Br)C(F)(F)C(F)(F)F. The fraction of sp³-hybridized carbons (Fsp3) is 0.300. The minimum absolute atomic E-state index is 0.447. The number of amidine groups is 1. The van der Waals surface area contributed by atoms with Crippen molar-refractivity contribution in [2.24, 2.45) is 0 Å². The summed E-state index contributed by atoms with van der Waals surface area (Å²) in [5.41, 5.74) is -1.73. The number of hydrogen-bond donors (Lipinski definition) is 2. The first-order valence-corrected chi connectivity index (χ1v) is 6.63. The summed E-state index contributed by atoms with van der Waals surface area (Å²) >= 11 is 5.24. The van der Waals surface area contributed by atoms with Gasteiger partial charge in [-0.3, -0.25) is 5.41 Å². The Morgan fingerprint density at radius 2 is 1.32 bits per heavy atom. The summed E-state index contributed by atoms with van der Waals surface area (Å²) in [5, 5.41) is 8.27. The average molecular weight is 464 g/mol. The van der Waals surface area contributed by atoms with Crippen molar-refractivity contribution in [3.8, 4) is 0 Å². The van der Waals surface area contributed by atoms with E-state index in [0.717, 1.165) is 0 Å². The van der Waals surface area contributed by atoms with E-state index in [1.165, 1.54) is 5.32 Å². The fourth-order valence-electron chi connectivity index (χ4n) is 1.20. The molecule has 0 bridgehead atoms. The molecule has 0 aromatic heterocycles. The third kappa shape index (κ3) is 3.89. The standard InChI is InChI=1S/C10H4Br2F8N2/c11-4-1-3(9(15,16)17)2-5(12)6(4)22-7(21)8(13,14)10(18,19)20/h1-2H,(H2,21,22). The molecule has 0 atom stereocenters. The largest absolute Gasteiger partial charge is 0.461 e. The molecule has 2 nitrogen and oxygen atoms in total. The van der Waals surface area contributed by atoms with E-state index >= 15 is 0 Å². The Labute approximate surface area is 134 Å². The molecule has 1 rings (SSSR count). The van der Waals surface area contributed by atoms with Crippen LogP contribution in [0.1, 0.15) is 5.56 Å². The molecule has 0 aliphatic carbocycles. The van der Waals surface area contributed by atoms with Crippen LogP contribution in [0.5, 0.6) is 0 Å². The molecular weight excluding hydrogens is 460 g/mol. The monoisotopic (exact) mass is 462 g/mol. The van der Waals surface area contributed by atoms with E-state index in [1.54, 1.807) is 0 Å². The molecule has 0 aliphatic rings. The first-order chi connectivity index (χ1) is 9.68. The molecule has 0 saturated carbocycles. The Morgan fingerprint density at radius 3 is 1.64 bits per heavy atom. The van der Waals surface area contributed by atoms with Gasteiger partial charge in [-0.05, 0) is 44.0 Å². The molecule has 12 heteroatoms. The summed E-state index contributed by atoms with van der Waals surface area (Å²) in [6.45, 7) is 0. The molecule has 0 spiro atoms. The normalized spacial score (nSPS) is 13.2. The zero-order valence-electron chi connectivity index (χ0n) is 9.93. The van der Waals surface area contributed by atoms with Gasteiger partial charge in [0, 0.05) is 8.95 Å². The van der Waals surface area contributed by atoms with Gasteiger partial charge in [0.15, 0.2) is 5.84 Å². The van der Waals surface area contributed by atoms with Gasteiger partial charge in [0.1, 0.15) is 0 Å². The lowest BCUT2D eigenvalue weighted by atomic mass is 10.2. The Morgan fingerprint density at radius 1 is 0.909 bits per heavy atom. The van der Waals surface area contributed by atoms with E-state index < -0.39 is 44.3 Å². The predicted molar refractivity (Wildman–Crippen MR) is 69.2 cm³/mol. The number of halogens is 10. The van der Waals surface area contributed by atoms with Crippen LogP contribution in [0.3, 0.4) is 0 Å². The van der Waals surface area contributed by atoms with E-state index in [2.05, 4.69) is 31.9 Å². The van der Waals surface area contributed by atoms with Crippen LogP contribution in [0.25, 0.3) is 0 Å². The van der Waals surface area contributed by atoms with Crippen molar-refractivity contribution in [1.82, 2.24) is 0 Å². The Bertz CT molecular complexity index is 571. The summed E-state index contributed by atoms with van der Waals surface area (Å²) in [6, 6.07) is 0.957. The van der Waals surface area contributed by atoms with Crippen LogP contribution < -0.4 is 5.32 Å². The molecule has 22 heavy (non-hydrogen) atoms. The molecule has 0 saturated heterocycles. The molecule has 0 heterocycles. The lowest BCUT2D eigenvalue weighted by molar-refractivity contribution is -0.249. The molecule has 0 unspecified atom stereocenters. The van der Waals surface area contributed by atoms with Crippen molar-refractivity contribution in [2.45, 2.75) is 18.3 Å². The van der Waals surface area contributed by atoms with Crippen LogP contribution >= 0.6 is 31.9 Å².